The molecule has 1 aliphatic heterocycles. The molecule has 7 nitrogen and oxygen atoms in total. The van der Waals surface area contributed by atoms with Gasteiger partial charge in [-0.3, -0.25) is 14.9 Å². The number of halogens is 5. The molecule has 0 atom stereocenters. The van der Waals surface area contributed by atoms with E-state index in [1.54, 1.807) is 4.90 Å². The van der Waals surface area contributed by atoms with Crippen LogP contribution in [0.3, 0.4) is 0 Å². The predicted octanol–water partition coefficient (Wildman–Crippen LogP) is 4.89. The lowest BCUT2D eigenvalue weighted by molar-refractivity contribution is -0.384. The third kappa shape index (κ3) is 4.80. The van der Waals surface area contributed by atoms with Crippen LogP contribution >= 0.6 is 23.2 Å². The highest BCUT2D eigenvalue weighted by molar-refractivity contribution is 6.36. The van der Waals surface area contributed by atoms with Crippen molar-refractivity contribution in [3.8, 4) is 5.75 Å². The Labute approximate surface area is 185 Å². The van der Waals surface area contributed by atoms with Crippen LogP contribution in [0.1, 0.15) is 15.9 Å². The number of amides is 1. The van der Waals surface area contributed by atoms with Gasteiger partial charge in [0.25, 0.3) is 11.6 Å². The summed E-state index contributed by atoms with van der Waals surface area (Å²) in [6.07, 6.45) is -4.69. The van der Waals surface area contributed by atoms with Crippen LogP contribution in [0.25, 0.3) is 0 Å². The second-order valence-corrected chi connectivity index (χ2v) is 7.55. The van der Waals surface area contributed by atoms with Gasteiger partial charge in [0.1, 0.15) is 11.4 Å². The first-order valence-corrected chi connectivity index (χ1v) is 9.71. The molecule has 2 aromatic rings. The predicted molar refractivity (Wildman–Crippen MR) is 109 cm³/mol. The lowest BCUT2D eigenvalue weighted by Crippen LogP contribution is -2.49. The zero-order chi connectivity index (χ0) is 22.9. The number of carbonyl (C=O) groups is 1. The molecule has 3 rings (SSSR count). The van der Waals surface area contributed by atoms with Gasteiger partial charge in [0, 0.05) is 37.3 Å². The SMILES string of the molecule is COc1c(Cl)cc(Cl)cc1C(=O)N1CCN(c2ccc(C(F)(F)F)cc2[N+](=O)[O-])CC1. The highest BCUT2D eigenvalue weighted by atomic mass is 35.5. The van der Waals surface area contributed by atoms with Gasteiger partial charge in [-0.2, -0.15) is 13.2 Å². The molecule has 0 aromatic heterocycles. The fraction of sp³-hybridized carbons (Fsp3) is 0.316. The minimum atomic E-state index is -4.69. The molecule has 31 heavy (non-hydrogen) atoms. The lowest BCUT2D eigenvalue weighted by Gasteiger charge is -2.36. The summed E-state index contributed by atoms with van der Waals surface area (Å²) in [7, 11) is 1.37. The fourth-order valence-electron chi connectivity index (χ4n) is 3.36. The Morgan fingerprint density at radius 2 is 1.77 bits per heavy atom. The minimum absolute atomic E-state index is 0.0634. The number of hydrogen-bond acceptors (Lipinski definition) is 5. The molecule has 1 aliphatic rings. The number of carbonyl (C=O) groups excluding carboxylic acids is 1. The Hall–Kier alpha value is -2.72. The second kappa shape index (κ2) is 8.80. The van der Waals surface area contributed by atoms with Crippen LogP contribution in [0.4, 0.5) is 24.5 Å². The smallest absolute Gasteiger partial charge is 0.416 e. The topological polar surface area (TPSA) is 75.9 Å². The molecule has 12 heteroatoms. The summed E-state index contributed by atoms with van der Waals surface area (Å²) >= 11 is 12.1. The van der Waals surface area contributed by atoms with Crippen LogP contribution < -0.4 is 9.64 Å². The summed E-state index contributed by atoms with van der Waals surface area (Å²) in [4.78, 5) is 26.5. The number of ether oxygens (including phenoxy) is 1. The van der Waals surface area contributed by atoms with Crippen molar-refractivity contribution in [3.63, 3.8) is 0 Å². The largest absolute Gasteiger partial charge is 0.494 e. The van der Waals surface area contributed by atoms with E-state index in [9.17, 15) is 28.1 Å². The van der Waals surface area contributed by atoms with Gasteiger partial charge in [0.15, 0.2) is 0 Å². The van der Waals surface area contributed by atoms with E-state index in [2.05, 4.69) is 0 Å². The van der Waals surface area contributed by atoms with Crippen molar-refractivity contribution in [3.05, 3.63) is 61.6 Å². The number of rotatable bonds is 4. The number of benzene rings is 2. The summed E-state index contributed by atoms with van der Waals surface area (Å²) in [5.74, 6) is -0.209. The monoisotopic (exact) mass is 477 g/mol. The van der Waals surface area contributed by atoms with Crippen molar-refractivity contribution in [2.24, 2.45) is 0 Å². The molecule has 0 bridgehead atoms. The fourth-order valence-corrected chi connectivity index (χ4v) is 3.93. The molecule has 0 radical (unpaired) electrons. The Morgan fingerprint density at radius 1 is 1.13 bits per heavy atom. The van der Waals surface area contributed by atoms with Gasteiger partial charge in [-0.1, -0.05) is 23.2 Å². The van der Waals surface area contributed by atoms with Crippen LogP contribution in [-0.4, -0.2) is 49.0 Å². The third-order valence-corrected chi connectivity index (χ3v) is 5.35. The first-order chi connectivity index (χ1) is 14.5. The Balaban J connectivity index is 1.80. The molecule has 0 spiro atoms. The molecule has 1 saturated heterocycles. The number of nitro groups is 1. The second-order valence-electron chi connectivity index (χ2n) is 6.71. The number of nitrogens with zero attached hydrogens (tertiary/aromatic N) is 3. The third-order valence-electron chi connectivity index (χ3n) is 4.85. The van der Waals surface area contributed by atoms with Gasteiger partial charge in [-0.15, -0.1) is 0 Å². The highest BCUT2D eigenvalue weighted by Gasteiger charge is 2.34. The maximum Gasteiger partial charge on any atom is 0.416 e. The van der Waals surface area contributed by atoms with Crippen molar-refractivity contribution in [1.82, 2.24) is 4.90 Å². The molecular formula is C19H16Cl2F3N3O4. The number of nitro benzene ring substituents is 1. The van der Waals surface area contributed by atoms with Crippen LogP contribution in [0.2, 0.25) is 10.0 Å². The molecule has 2 aromatic carbocycles. The molecule has 0 N–H and O–H groups in total. The zero-order valence-corrected chi connectivity index (χ0v) is 17.6. The van der Waals surface area contributed by atoms with Gasteiger partial charge >= 0.3 is 6.18 Å². The van der Waals surface area contributed by atoms with Gasteiger partial charge < -0.3 is 14.5 Å². The number of hydrogen-bond donors (Lipinski definition) is 0. The molecular weight excluding hydrogens is 462 g/mol. The molecule has 0 aliphatic carbocycles. The van der Waals surface area contributed by atoms with E-state index in [4.69, 9.17) is 27.9 Å². The van der Waals surface area contributed by atoms with Crippen LogP contribution in [0, 0.1) is 10.1 Å². The Bertz CT molecular complexity index is 1030. The summed E-state index contributed by atoms with van der Waals surface area (Å²) < 4.78 is 43.9. The van der Waals surface area contributed by atoms with E-state index in [-0.39, 0.29) is 59.1 Å². The highest BCUT2D eigenvalue weighted by Crippen LogP contribution is 2.37. The van der Waals surface area contributed by atoms with E-state index in [0.29, 0.717) is 6.07 Å². The van der Waals surface area contributed by atoms with Crippen molar-refractivity contribution < 1.29 is 27.6 Å². The molecule has 1 heterocycles. The average molecular weight is 478 g/mol. The standard InChI is InChI=1S/C19H16Cl2F3N3O4/c1-31-17-13(9-12(20)10-14(17)21)18(28)26-6-4-25(5-7-26)15-3-2-11(19(22,23)24)8-16(15)27(29)30/h2-3,8-10H,4-7H2,1H3. The van der Waals surface area contributed by atoms with Crippen molar-refractivity contribution >= 4 is 40.5 Å². The van der Waals surface area contributed by atoms with E-state index >= 15 is 0 Å². The number of piperazine rings is 1. The summed E-state index contributed by atoms with van der Waals surface area (Å²) in [5, 5.41) is 11.8. The van der Waals surface area contributed by atoms with Gasteiger partial charge in [-0.05, 0) is 24.3 Å². The van der Waals surface area contributed by atoms with Gasteiger partial charge in [0.05, 0.1) is 28.2 Å². The van der Waals surface area contributed by atoms with E-state index < -0.39 is 22.4 Å². The van der Waals surface area contributed by atoms with Gasteiger partial charge in [0.2, 0.25) is 0 Å². The quantitative estimate of drug-likeness (QED) is 0.462. The lowest BCUT2D eigenvalue weighted by atomic mass is 10.1. The molecule has 0 saturated carbocycles. The first kappa shape index (κ1) is 23.0. The molecule has 1 fully saturated rings. The number of alkyl halides is 3. The summed E-state index contributed by atoms with van der Waals surface area (Å²) in [5.41, 5.74) is -1.50. The van der Waals surface area contributed by atoms with E-state index in [0.717, 1.165) is 12.1 Å². The maximum absolute atomic E-state index is 12.9. The van der Waals surface area contributed by atoms with E-state index in [1.165, 1.54) is 24.1 Å². The van der Waals surface area contributed by atoms with Crippen LogP contribution in [0.15, 0.2) is 30.3 Å². The normalized spacial score (nSPS) is 14.5. The number of anilines is 1. The first-order valence-electron chi connectivity index (χ1n) is 8.96. The minimum Gasteiger partial charge on any atom is -0.494 e. The molecule has 166 valence electrons. The van der Waals surface area contributed by atoms with Crippen molar-refractivity contribution in [1.29, 1.82) is 0 Å². The summed E-state index contributed by atoms with van der Waals surface area (Å²) in [6.45, 7) is 0.748. The van der Waals surface area contributed by atoms with Crippen LogP contribution in [-0.2, 0) is 6.18 Å². The van der Waals surface area contributed by atoms with Gasteiger partial charge in [-0.25, -0.2) is 0 Å². The number of methoxy groups -OCH3 is 1. The Morgan fingerprint density at radius 3 is 2.32 bits per heavy atom. The maximum atomic E-state index is 12.9. The molecule has 0 unspecified atom stereocenters. The van der Waals surface area contributed by atoms with Crippen LogP contribution in [0.5, 0.6) is 5.75 Å². The summed E-state index contributed by atoms with van der Waals surface area (Å²) in [6, 6.07) is 5.28. The van der Waals surface area contributed by atoms with Crippen molar-refractivity contribution in [2.75, 3.05) is 38.2 Å². The van der Waals surface area contributed by atoms with Crippen molar-refractivity contribution in [2.45, 2.75) is 6.18 Å². The Kier molecular flexibility index (Phi) is 6.51. The average Bonchev–Trinajstić information content (AvgIpc) is 2.71. The van der Waals surface area contributed by atoms with E-state index in [1.807, 2.05) is 0 Å². The molecule has 1 amide bonds. The zero-order valence-electron chi connectivity index (χ0n) is 16.1.